The number of primary amides is 1. The van der Waals surface area contributed by atoms with E-state index in [1.807, 2.05) is 37.3 Å². The van der Waals surface area contributed by atoms with E-state index in [0.717, 1.165) is 18.8 Å². The fourth-order valence-electron chi connectivity index (χ4n) is 1.46. The topological polar surface area (TPSA) is 67.2 Å². The number of nitrogens with one attached hydrogen (secondary N) is 2. The molecule has 0 radical (unpaired) electrons. The molecule has 0 aromatic heterocycles. The predicted molar refractivity (Wildman–Crippen MR) is 66.2 cm³/mol. The van der Waals surface area contributed by atoms with E-state index in [4.69, 9.17) is 5.73 Å². The third-order valence-corrected chi connectivity index (χ3v) is 2.23. The minimum Gasteiger partial charge on any atom is -0.384 e. The molecule has 1 rings (SSSR count). The highest BCUT2D eigenvalue weighted by Crippen LogP contribution is 2.03. The quantitative estimate of drug-likeness (QED) is 0.601. The van der Waals surface area contributed by atoms with Crippen molar-refractivity contribution in [2.24, 2.45) is 5.73 Å². The summed E-state index contributed by atoms with van der Waals surface area (Å²) in [5.74, 6) is -0.268. The number of hydrogen-bond acceptors (Lipinski definition) is 3. The molecule has 1 amide bonds. The van der Waals surface area contributed by atoms with Crippen LogP contribution < -0.4 is 16.4 Å². The van der Waals surface area contributed by atoms with Gasteiger partial charge < -0.3 is 16.4 Å². The van der Waals surface area contributed by atoms with Gasteiger partial charge in [0, 0.05) is 31.2 Å². The Kier molecular flexibility index (Phi) is 5.36. The molecule has 0 heterocycles. The molecule has 0 aliphatic carbocycles. The number of carbonyl (C=O) groups excluding carboxylic acids is 1. The molecule has 0 fully saturated rings. The molecule has 1 aromatic carbocycles. The first-order chi connectivity index (χ1) is 7.68. The van der Waals surface area contributed by atoms with Gasteiger partial charge in [-0.05, 0) is 19.1 Å². The third kappa shape index (κ3) is 5.36. The summed E-state index contributed by atoms with van der Waals surface area (Å²) >= 11 is 0. The van der Waals surface area contributed by atoms with Gasteiger partial charge >= 0.3 is 0 Å². The lowest BCUT2D eigenvalue weighted by Crippen LogP contribution is -2.34. The molecule has 0 bridgehead atoms. The number of rotatable bonds is 7. The normalized spacial score (nSPS) is 12.1. The second-order valence-corrected chi connectivity index (χ2v) is 3.82. The van der Waals surface area contributed by atoms with Gasteiger partial charge in [0.15, 0.2) is 0 Å². The van der Waals surface area contributed by atoms with Crippen LogP contribution in [0.5, 0.6) is 0 Å². The van der Waals surface area contributed by atoms with Crippen molar-refractivity contribution in [3.8, 4) is 0 Å². The van der Waals surface area contributed by atoms with Crippen molar-refractivity contribution in [1.29, 1.82) is 0 Å². The zero-order chi connectivity index (χ0) is 11.8. The molecule has 1 atom stereocenters. The van der Waals surface area contributed by atoms with Crippen molar-refractivity contribution in [1.82, 2.24) is 5.32 Å². The standard InChI is InChI=1S/C12H19N3O/c1-10(9-12(13)16)14-7-8-15-11-5-3-2-4-6-11/h2-6,10,14-15H,7-9H2,1H3,(H2,13,16). The van der Waals surface area contributed by atoms with Crippen LogP contribution in [0, 0.1) is 0 Å². The van der Waals surface area contributed by atoms with E-state index in [2.05, 4.69) is 10.6 Å². The van der Waals surface area contributed by atoms with E-state index < -0.39 is 0 Å². The Morgan fingerprint density at radius 1 is 1.31 bits per heavy atom. The summed E-state index contributed by atoms with van der Waals surface area (Å²) in [5, 5.41) is 6.50. The Morgan fingerprint density at radius 2 is 2.00 bits per heavy atom. The Bertz CT molecular complexity index is 313. The summed E-state index contributed by atoms with van der Waals surface area (Å²) in [6.07, 6.45) is 0.380. The van der Waals surface area contributed by atoms with Crippen LogP contribution in [0.4, 0.5) is 5.69 Å². The van der Waals surface area contributed by atoms with Gasteiger partial charge in [0.1, 0.15) is 0 Å². The van der Waals surface area contributed by atoms with Crippen molar-refractivity contribution in [3.05, 3.63) is 30.3 Å². The van der Waals surface area contributed by atoms with E-state index in [0.29, 0.717) is 6.42 Å². The molecule has 0 saturated heterocycles. The fraction of sp³-hybridized carbons (Fsp3) is 0.417. The number of para-hydroxylation sites is 1. The van der Waals surface area contributed by atoms with Gasteiger partial charge in [-0.15, -0.1) is 0 Å². The van der Waals surface area contributed by atoms with Crippen molar-refractivity contribution in [3.63, 3.8) is 0 Å². The first-order valence-corrected chi connectivity index (χ1v) is 5.49. The predicted octanol–water partition coefficient (Wildman–Crippen LogP) is 0.952. The molecular weight excluding hydrogens is 202 g/mol. The van der Waals surface area contributed by atoms with Crippen molar-refractivity contribution in [2.75, 3.05) is 18.4 Å². The van der Waals surface area contributed by atoms with Gasteiger partial charge in [0.2, 0.25) is 5.91 Å². The lowest BCUT2D eigenvalue weighted by molar-refractivity contribution is -0.118. The smallest absolute Gasteiger partial charge is 0.218 e. The van der Waals surface area contributed by atoms with Crippen molar-refractivity contribution in [2.45, 2.75) is 19.4 Å². The molecular formula is C12H19N3O. The number of amides is 1. The molecule has 0 saturated carbocycles. The molecule has 1 unspecified atom stereocenters. The minimum atomic E-state index is -0.268. The molecule has 0 aliphatic rings. The van der Waals surface area contributed by atoms with Gasteiger partial charge in [0.25, 0.3) is 0 Å². The molecule has 4 N–H and O–H groups in total. The number of nitrogens with two attached hydrogens (primary N) is 1. The summed E-state index contributed by atoms with van der Waals surface area (Å²) < 4.78 is 0. The van der Waals surface area contributed by atoms with Crippen molar-refractivity contribution < 1.29 is 4.79 Å². The van der Waals surface area contributed by atoms with Crippen LogP contribution in [0.2, 0.25) is 0 Å². The fourth-order valence-corrected chi connectivity index (χ4v) is 1.46. The SMILES string of the molecule is CC(CC(N)=O)NCCNc1ccccc1. The second kappa shape index (κ2) is 6.85. The van der Waals surface area contributed by atoms with Gasteiger partial charge in [-0.1, -0.05) is 18.2 Å². The maximum Gasteiger partial charge on any atom is 0.218 e. The molecule has 0 spiro atoms. The lowest BCUT2D eigenvalue weighted by atomic mass is 10.2. The zero-order valence-electron chi connectivity index (χ0n) is 9.57. The monoisotopic (exact) mass is 221 g/mol. The van der Waals surface area contributed by atoms with Crippen LogP contribution in [0.1, 0.15) is 13.3 Å². The van der Waals surface area contributed by atoms with Crippen LogP contribution in [0.3, 0.4) is 0 Å². The van der Waals surface area contributed by atoms with E-state index in [1.165, 1.54) is 0 Å². The first kappa shape index (κ1) is 12.5. The zero-order valence-corrected chi connectivity index (χ0v) is 9.57. The number of hydrogen-bond donors (Lipinski definition) is 3. The van der Waals surface area contributed by atoms with Crippen LogP contribution in [0.25, 0.3) is 0 Å². The first-order valence-electron chi connectivity index (χ1n) is 5.49. The van der Waals surface area contributed by atoms with E-state index in [9.17, 15) is 4.79 Å². The second-order valence-electron chi connectivity index (χ2n) is 3.82. The van der Waals surface area contributed by atoms with Gasteiger partial charge in [-0.2, -0.15) is 0 Å². The average Bonchev–Trinajstić information content (AvgIpc) is 2.25. The van der Waals surface area contributed by atoms with Gasteiger partial charge in [-0.25, -0.2) is 0 Å². The molecule has 0 aliphatic heterocycles. The van der Waals surface area contributed by atoms with Crippen LogP contribution in [-0.4, -0.2) is 25.0 Å². The maximum absolute atomic E-state index is 10.6. The summed E-state index contributed by atoms with van der Waals surface area (Å²) in [5.41, 5.74) is 6.20. The summed E-state index contributed by atoms with van der Waals surface area (Å²) in [4.78, 5) is 10.6. The van der Waals surface area contributed by atoms with Gasteiger partial charge in [0.05, 0.1) is 0 Å². The largest absolute Gasteiger partial charge is 0.384 e. The molecule has 1 aromatic rings. The highest BCUT2D eigenvalue weighted by molar-refractivity contribution is 5.74. The number of anilines is 1. The molecule has 88 valence electrons. The number of benzene rings is 1. The Balaban J connectivity index is 2.10. The van der Waals surface area contributed by atoms with Crippen LogP contribution >= 0.6 is 0 Å². The lowest BCUT2D eigenvalue weighted by Gasteiger charge is -2.12. The Morgan fingerprint density at radius 3 is 2.62 bits per heavy atom. The summed E-state index contributed by atoms with van der Waals surface area (Å²) in [7, 11) is 0. The molecule has 4 heteroatoms. The maximum atomic E-state index is 10.6. The summed E-state index contributed by atoms with van der Waals surface area (Å²) in [6.45, 7) is 3.59. The highest BCUT2D eigenvalue weighted by Gasteiger charge is 2.03. The van der Waals surface area contributed by atoms with E-state index in [1.54, 1.807) is 0 Å². The number of carbonyl (C=O) groups is 1. The molecule has 16 heavy (non-hydrogen) atoms. The van der Waals surface area contributed by atoms with E-state index >= 15 is 0 Å². The Hall–Kier alpha value is -1.55. The minimum absolute atomic E-state index is 0.134. The van der Waals surface area contributed by atoms with Crippen molar-refractivity contribution >= 4 is 11.6 Å². The third-order valence-electron chi connectivity index (χ3n) is 2.23. The molecule has 4 nitrogen and oxygen atoms in total. The Labute approximate surface area is 96.2 Å². The summed E-state index contributed by atoms with van der Waals surface area (Å²) in [6, 6.07) is 10.1. The average molecular weight is 221 g/mol. The van der Waals surface area contributed by atoms with E-state index in [-0.39, 0.29) is 11.9 Å². The van der Waals surface area contributed by atoms with Crippen LogP contribution in [-0.2, 0) is 4.79 Å². The van der Waals surface area contributed by atoms with Crippen LogP contribution in [0.15, 0.2) is 30.3 Å². The van der Waals surface area contributed by atoms with Gasteiger partial charge in [-0.3, -0.25) is 4.79 Å². The highest BCUT2D eigenvalue weighted by atomic mass is 16.1.